The van der Waals surface area contributed by atoms with Crippen molar-refractivity contribution in [3.63, 3.8) is 0 Å². The summed E-state index contributed by atoms with van der Waals surface area (Å²) in [7, 11) is 0. The molecule has 0 radical (unpaired) electrons. The van der Waals surface area contributed by atoms with Gasteiger partial charge < -0.3 is 10.2 Å². The molecule has 0 atom stereocenters. The lowest BCUT2D eigenvalue weighted by Gasteiger charge is -2.15. The van der Waals surface area contributed by atoms with E-state index >= 15 is 0 Å². The molecular formula is C11H16O2. The first-order valence-corrected chi connectivity index (χ1v) is 4.14. The van der Waals surface area contributed by atoms with Crippen LogP contribution < -0.4 is 0 Å². The third-order valence-electron chi connectivity index (χ3n) is 1.65. The minimum atomic E-state index is -0.859. The standard InChI is InChI=1S/C11H16O2/c1-9(6-5-7-12)8-10(2)11(3,4)13/h12-13H,7H2,1-4H3. The van der Waals surface area contributed by atoms with E-state index in [-0.39, 0.29) is 6.61 Å². The molecular weight excluding hydrogens is 164 g/mol. The van der Waals surface area contributed by atoms with E-state index in [4.69, 9.17) is 5.11 Å². The number of hydrogen-bond donors (Lipinski definition) is 2. The third kappa shape index (κ3) is 5.27. The van der Waals surface area contributed by atoms with Gasteiger partial charge in [0.25, 0.3) is 0 Å². The molecule has 0 saturated heterocycles. The van der Waals surface area contributed by atoms with Gasteiger partial charge in [-0.2, -0.15) is 0 Å². The highest BCUT2D eigenvalue weighted by molar-refractivity contribution is 5.28. The number of rotatable bonds is 1. The molecule has 0 aromatic rings. The second-order valence-corrected chi connectivity index (χ2v) is 3.39. The van der Waals surface area contributed by atoms with Gasteiger partial charge in [-0.25, -0.2) is 0 Å². The molecule has 0 aliphatic heterocycles. The van der Waals surface area contributed by atoms with Crippen molar-refractivity contribution in [1.82, 2.24) is 0 Å². The first-order valence-electron chi connectivity index (χ1n) is 4.14. The van der Waals surface area contributed by atoms with E-state index in [2.05, 4.69) is 17.6 Å². The first-order chi connectivity index (χ1) is 5.88. The molecule has 0 spiro atoms. The average Bonchev–Trinajstić information content (AvgIpc) is 1.99. The molecule has 0 aliphatic carbocycles. The summed E-state index contributed by atoms with van der Waals surface area (Å²) in [5.74, 6) is 5.22. The van der Waals surface area contributed by atoms with Crippen LogP contribution in [0.1, 0.15) is 27.7 Å². The second-order valence-electron chi connectivity index (χ2n) is 3.39. The van der Waals surface area contributed by atoms with Crippen LogP contribution in [0, 0.1) is 11.8 Å². The maximum Gasteiger partial charge on any atom is 0.104 e. The Hall–Kier alpha value is -1.00. The molecule has 0 fully saturated rings. The van der Waals surface area contributed by atoms with E-state index in [9.17, 15) is 5.11 Å². The van der Waals surface area contributed by atoms with Gasteiger partial charge in [-0.15, -0.1) is 5.73 Å². The number of aliphatic hydroxyl groups excluding tert-OH is 1. The van der Waals surface area contributed by atoms with Crippen molar-refractivity contribution in [2.75, 3.05) is 6.61 Å². The number of hydrogen-bond acceptors (Lipinski definition) is 2. The van der Waals surface area contributed by atoms with Crippen LogP contribution in [0.25, 0.3) is 0 Å². The van der Waals surface area contributed by atoms with Crippen molar-refractivity contribution < 1.29 is 10.2 Å². The lowest BCUT2D eigenvalue weighted by molar-refractivity contribution is 0.120. The normalized spacial score (nSPS) is 9.69. The first kappa shape index (κ1) is 12.0. The molecule has 2 heteroatoms. The Labute approximate surface area is 79.6 Å². The summed E-state index contributed by atoms with van der Waals surface area (Å²) in [4.78, 5) is 0. The van der Waals surface area contributed by atoms with Gasteiger partial charge in [0.2, 0.25) is 0 Å². The van der Waals surface area contributed by atoms with Crippen LogP contribution in [-0.4, -0.2) is 22.4 Å². The molecule has 0 heterocycles. The summed E-state index contributed by atoms with van der Waals surface area (Å²) in [6.45, 7) is 6.83. The smallest absolute Gasteiger partial charge is 0.104 e. The van der Waals surface area contributed by atoms with Gasteiger partial charge >= 0.3 is 0 Å². The molecule has 0 aromatic heterocycles. The Morgan fingerprint density at radius 2 is 1.85 bits per heavy atom. The monoisotopic (exact) mass is 180 g/mol. The van der Waals surface area contributed by atoms with Crippen LogP contribution in [0.4, 0.5) is 0 Å². The zero-order valence-electron chi connectivity index (χ0n) is 8.60. The van der Waals surface area contributed by atoms with Crippen molar-refractivity contribution in [2.45, 2.75) is 33.3 Å². The average molecular weight is 180 g/mol. The predicted octanol–water partition coefficient (Wildman–Crippen LogP) is 1.24. The van der Waals surface area contributed by atoms with Crippen molar-refractivity contribution in [3.05, 3.63) is 16.9 Å². The minimum Gasteiger partial charge on any atom is -0.385 e. The fourth-order valence-electron chi connectivity index (χ4n) is 0.638. The van der Waals surface area contributed by atoms with Crippen LogP contribution in [0.15, 0.2) is 16.9 Å². The van der Waals surface area contributed by atoms with Crippen molar-refractivity contribution in [1.29, 1.82) is 0 Å². The lowest BCUT2D eigenvalue weighted by Crippen LogP contribution is -2.19. The maximum atomic E-state index is 9.55. The molecule has 0 rings (SSSR count). The van der Waals surface area contributed by atoms with Gasteiger partial charge in [-0.3, -0.25) is 0 Å². The molecule has 0 aromatic carbocycles. The summed E-state index contributed by atoms with van der Waals surface area (Å²) in [6, 6.07) is 0. The van der Waals surface area contributed by atoms with Crippen LogP contribution in [0.3, 0.4) is 0 Å². The fourth-order valence-corrected chi connectivity index (χ4v) is 0.638. The molecule has 72 valence electrons. The van der Waals surface area contributed by atoms with E-state index in [1.165, 1.54) is 0 Å². The van der Waals surface area contributed by atoms with Gasteiger partial charge in [-0.1, -0.05) is 11.8 Å². The van der Waals surface area contributed by atoms with E-state index in [1.54, 1.807) is 27.7 Å². The molecule has 2 N–H and O–H groups in total. The number of aliphatic hydroxyl groups is 2. The minimum absolute atomic E-state index is 0.152. The van der Waals surface area contributed by atoms with Gasteiger partial charge in [0.1, 0.15) is 6.61 Å². The van der Waals surface area contributed by atoms with Gasteiger partial charge in [0.05, 0.1) is 5.60 Å². The van der Waals surface area contributed by atoms with Gasteiger partial charge in [-0.05, 0) is 27.7 Å². The highest BCUT2D eigenvalue weighted by atomic mass is 16.3. The maximum absolute atomic E-state index is 9.55. The highest BCUT2D eigenvalue weighted by Gasteiger charge is 2.13. The quantitative estimate of drug-likeness (QED) is 0.471. The summed E-state index contributed by atoms with van der Waals surface area (Å²) < 4.78 is 0. The van der Waals surface area contributed by atoms with Crippen LogP contribution >= 0.6 is 0 Å². The SMILES string of the molecule is CC(=C=C(C)C(C)(C)O)C#CCO. The molecule has 0 aliphatic rings. The van der Waals surface area contributed by atoms with Crippen molar-refractivity contribution in [2.24, 2.45) is 0 Å². The van der Waals surface area contributed by atoms with Crippen molar-refractivity contribution >= 4 is 0 Å². The summed E-state index contributed by atoms with van der Waals surface area (Å²) in [5, 5.41) is 18.0. The van der Waals surface area contributed by atoms with E-state index in [0.717, 1.165) is 5.57 Å². The topological polar surface area (TPSA) is 40.5 Å². The van der Waals surface area contributed by atoms with Gasteiger partial charge in [0.15, 0.2) is 0 Å². The Balaban J connectivity index is 4.89. The summed E-state index contributed by atoms with van der Waals surface area (Å²) in [6.07, 6.45) is 0. The molecule has 13 heavy (non-hydrogen) atoms. The van der Waals surface area contributed by atoms with E-state index in [0.29, 0.717) is 5.57 Å². The van der Waals surface area contributed by atoms with Gasteiger partial charge in [0, 0.05) is 11.1 Å². The fraction of sp³-hybridized carbons (Fsp3) is 0.545. The molecule has 0 amide bonds. The predicted molar refractivity (Wildman–Crippen MR) is 53.0 cm³/mol. The summed E-state index contributed by atoms with van der Waals surface area (Å²) in [5.41, 5.74) is 3.54. The Morgan fingerprint density at radius 1 is 1.31 bits per heavy atom. The van der Waals surface area contributed by atoms with E-state index < -0.39 is 5.60 Å². The zero-order chi connectivity index (χ0) is 10.5. The third-order valence-corrected chi connectivity index (χ3v) is 1.65. The molecule has 2 nitrogen and oxygen atoms in total. The second kappa shape index (κ2) is 4.89. The molecule has 0 unspecified atom stereocenters. The highest BCUT2D eigenvalue weighted by Crippen LogP contribution is 2.13. The molecule has 0 bridgehead atoms. The van der Waals surface area contributed by atoms with Crippen LogP contribution in [0.5, 0.6) is 0 Å². The zero-order valence-corrected chi connectivity index (χ0v) is 8.60. The Bertz CT molecular complexity index is 288. The van der Waals surface area contributed by atoms with Crippen LogP contribution in [-0.2, 0) is 0 Å². The van der Waals surface area contributed by atoms with E-state index in [1.807, 2.05) is 0 Å². The molecule has 0 saturated carbocycles. The Morgan fingerprint density at radius 3 is 2.23 bits per heavy atom. The largest absolute Gasteiger partial charge is 0.385 e. The lowest BCUT2D eigenvalue weighted by atomic mass is 10.0. The van der Waals surface area contributed by atoms with Crippen LogP contribution in [0.2, 0.25) is 0 Å². The Kier molecular flexibility index (Phi) is 4.51. The van der Waals surface area contributed by atoms with Crippen molar-refractivity contribution in [3.8, 4) is 11.8 Å². The summed E-state index contributed by atoms with van der Waals surface area (Å²) >= 11 is 0.